The van der Waals surface area contributed by atoms with Crippen molar-refractivity contribution in [2.45, 2.75) is 57.5 Å². The van der Waals surface area contributed by atoms with Gasteiger partial charge in [-0.1, -0.05) is 19.8 Å². The molecule has 1 amide bonds. The molecule has 1 N–H and O–H groups in total. The Morgan fingerprint density at radius 3 is 2.74 bits per heavy atom. The van der Waals surface area contributed by atoms with Gasteiger partial charge in [0.2, 0.25) is 5.91 Å². The van der Waals surface area contributed by atoms with Crippen LogP contribution in [0.3, 0.4) is 0 Å². The molecule has 1 heterocycles. The first-order valence-electron chi connectivity index (χ1n) is 7.45. The minimum atomic E-state index is -0.232. The molecule has 4 nitrogen and oxygen atoms in total. The lowest BCUT2D eigenvalue weighted by molar-refractivity contribution is -0.141. The standard InChI is InChI=1S/C15H22N2O2/c1-10(15(9-18)4-2-3-5-15)14(19)17-12(8-16)6-11-7-13(11)17/h10-13,18H,2-7,9H2,1H3/t10-,11?,12?,13?/m1/s1. The van der Waals surface area contributed by atoms with Gasteiger partial charge in [-0.25, -0.2) is 0 Å². The summed E-state index contributed by atoms with van der Waals surface area (Å²) in [5.74, 6) is 0.511. The Morgan fingerprint density at radius 1 is 1.47 bits per heavy atom. The van der Waals surface area contributed by atoms with E-state index in [0.29, 0.717) is 12.0 Å². The number of aliphatic hydroxyl groups excluding tert-OH is 1. The number of hydrogen-bond donors (Lipinski definition) is 1. The molecule has 0 aromatic heterocycles. The highest BCUT2D eigenvalue weighted by Gasteiger charge is 2.56. The van der Waals surface area contributed by atoms with Crippen LogP contribution in [0.25, 0.3) is 0 Å². The number of carbonyl (C=O) groups excluding carboxylic acids is 1. The summed E-state index contributed by atoms with van der Waals surface area (Å²) in [4.78, 5) is 14.6. The molecule has 3 fully saturated rings. The van der Waals surface area contributed by atoms with Gasteiger partial charge in [0.25, 0.3) is 0 Å². The van der Waals surface area contributed by atoms with Gasteiger partial charge in [-0.3, -0.25) is 4.79 Å². The number of aliphatic hydroxyl groups is 1. The molecule has 0 spiro atoms. The van der Waals surface area contributed by atoms with Crippen LogP contribution in [-0.2, 0) is 4.79 Å². The van der Waals surface area contributed by atoms with Crippen LogP contribution in [0.5, 0.6) is 0 Å². The smallest absolute Gasteiger partial charge is 0.227 e. The van der Waals surface area contributed by atoms with Crippen LogP contribution in [0.4, 0.5) is 0 Å². The highest BCUT2D eigenvalue weighted by atomic mass is 16.3. The van der Waals surface area contributed by atoms with Gasteiger partial charge >= 0.3 is 0 Å². The summed E-state index contributed by atoms with van der Waals surface area (Å²) in [6.07, 6.45) is 6.01. The number of fused-ring (bicyclic) bond motifs is 1. The van der Waals surface area contributed by atoms with E-state index in [1.54, 1.807) is 0 Å². The van der Waals surface area contributed by atoms with Gasteiger partial charge in [0.15, 0.2) is 0 Å². The van der Waals surface area contributed by atoms with Crippen LogP contribution in [0.1, 0.15) is 45.4 Å². The highest BCUT2D eigenvalue weighted by Crippen LogP contribution is 2.51. The van der Waals surface area contributed by atoms with Crippen LogP contribution >= 0.6 is 0 Å². The number of hydrogen-bond acceptors (Lipinski definition) is 3. The second kappa shape index (κ2) is 4.49. The zero-order valence-electron chi connectivity index (χ0n) is 11.5. The van der Waals surface area contributed by atoms with Gasteiger partial charge in [0.05, 0.1) is 6.07 Å². The fraction of sp³-hybridized carbons (Fsp3) is 0.867. The molecule has 4 atom stereocenters. The molecular formula is C15H22N2O2. The van der Waals surface area contributed by atoms with E-state index in [1.807, 2.05) is 11.8 Å². The Bertz CT molecular complexity index is 422. The van der Waals surface area contributed by atoms with Crippen molar-refractivity contribution >= 4 is 5.91 Å². The van der Waals surface area contributed by atoms with E-state index in [1.165, 1.54) is 0 Å². The maximum absolute atomic E-state index is 12.8. The van der Waals surface area contributed by atoms with Gasteiger partial charge in [0, 0.05) is 24.0 Å². The molecule has 0 radical (unpaired) electrons. The van der Waals surface area contributed by atoms with E-state index in [-0.39, 0.29) is 29.9 Å². The highest BCUT2D eigenvalue weighted by molar-refractivity contribution is 5.81. The van der Waals surface area contributed by atoms with Crippen molar-refractivity contribution in [1.82, 2.24) is 4.90 Å². The summed E-state index contributed by atoms with van der Waals surface area (Å²) in [5, 5.41) is 18.9. The van der Waals surface area contributed by atoms with Gasteiger partial charge in [0.1, 0.15) is 6.04 Å². The predicted molar refractivity (Wildman–Crippen MR) is 69.9 cm³/mol. The van der Waals surface area contributed by atoms with Crippen molar-refractivity contribution in [3.8, 4) is 6.07 Å². The molecule has 1 saturated heterocycles. The summed E-state index contributed by atoms with van der Waals surface area (Å²) in [7, 11) is 0. The molecule has 19 heavy (non-hydrogen) atoms. The van der Waals surface area contributed by atoms with Crippen molar-refractivity contribution in [1.29, 1.82) is 5.26 Å². The maximum Gasteiger partial charge on any atom is 0.227 e. The van der Waals surface area contributed by atoms with E-state index >= 15 is 0 Å². The zero-order valence-corrected chi connectivity index (χ0v) is 11.5. The second-order valence-corrected chi connectivity index (χ2v) is 6.64. The Hall–Kier alpha value is -1.08. The molecule has 104 valence electrons. The molecular weight excluding hydrogens is 240 g/mol. The Morgan fingerprint density at radius 2 is 2.16 bits per heavy atom. The summed E-state index contributed by atoms with van der Waals surface area (Å²) < 4.78 is 0. The molecule has 0 bridgehead atoms. The fourth-order valence-corrected chi connectivity index (χ4v) is 4.18. The van der Waals surface area contributed by atoms with E-state index in [4.69, 9.17) is 0 Å². The van der Waals surface area contributed by atoms with Crippen molar-refractivity contribution in [3.05, 3.63) is 0 Å². The number of likely N-dealkylation sites (tertiary alicyclic amines) is 1. The number of nitrogens with zero attached hydrogens (tertiary/aromatic N) is 2. The predicted octanol–water partition coefficient (Wildman–Crippen LogP) is 1.69. The molecule has 0 aromatic rings. The molecule has 2 aliphatic carbocycles. The lowest BCUT2D eigenvalue weighted by atomic mass is 9.74. The first kappa shape index (κ1) is 12.9. The van der Waals surface area contributed by atoms with Crippen molar-refractivity contribution in [3.63, 3.8) is 0 Å². The van der Waals surface area contributed by atoms with Crippen LogP contribution < -0.4 is 0 Å². The van der Waals surface area contributed by atoms with Crippen molar-refractivity contribution < 1.29 is 9.90 Å². The lowest BCUT2D eigenvalue weighted by Gasteiger charge is -2.36. The first-order valence-corrected chi connectivity index (χ1v) is 7.45. The molecule has 3 unspecified atom stereocenters. The molecule has 1 aliphatic heterocycles. The fourth-order valence-electron chi connectivity index (χ4n) is 4.18. The number of nitriles is 1. The normalized spacial score (nSPS) is 36.7. The quantitative estimate of drug-likeness (QED) is 0.841. The monoisotopic (exact) mass is 262 g/mol. The van der Waals surface area contributed by atoms with Crippen molar-refractivity contribution in [2.75, 3.05) is 6.61 Å². The van der Waals surface area contributed by atoms with Crippen LogP contribution in [0, 0.1) is 28.6 Å². The minimum Gasteiger partial charge on any atom is -0.396 e. The van der Waals surface area contributed by atoms with Gasteiger partial charge in [-0.05, 0) is 31.6 Å². The first-order chi connectivity index (χ1) is 9.13. The number of amides is 1. The zero-order chi connectivity index (χ0) is 13.6. The van der Waals surface area contributed by atoms with E-state index in [0.717, 1.165) is 38.5 Å². The second-order valence-electron chi connectivity index (χ2n) is 6.64. The third-order valence-electron chi connectivity index (χ3n) is 5.71. The number of carbonyl (C=O) groups is 1. The Labute approximate surface area is 114 Å². The third-order valence-corrected chi connectivity index (χ3v) is 5.71. The van der Waals surface area contributed by atoms with Crippen LogP contribution in [0.15, 0.2) is 0 Å². The minimum absolute atomic E-state index is 0.0963. The van der Waals surface area contributed by atoms with Crippen LogP contribution in [-0.4, -0.2) is 34.6 Å². The largest absolute Gasteiger partial charge is 0.396 e. The van der Waals surface area contributed by atoms with Gasteiger partial charge in [-0.2, -0.15) is 5.26 Å². The topological polar surface area (TPSA) is 64.3 Å². The number of rotatable bonds is 3. The summed E-state index contributed by atoms with van der Waals surface area (Å²) in [6, 6.07) is 2.36. The van der Waals surface area contributed by atoms with Gasteiger partial charge in [-0.15, -0.1) is 0 Å². The third kappa shape index (κ3) is 1.87. The molecule has 2 saturated carbocycles. The molecule has 0 aromatic carbocycles. The average Bonchev–Trinajstić information content (AvgIpc) is 2.91. The maximum atomic E-state index is 12.8. The van der Waals surface area contributed by atoms with Crippen LogP contribution in [0.2, 0.25) is 0 Å². The Balaban J connectivity index is 1.78. The lowest BCUT2D eigenvalue weighted by Crippen LogP contribution is -2.46. The molecule has 3 rings (SSSR count). The molecule has 3 aliphatic rings. The van der Waals surface area contributed by atoms with E-state index in [9.17, 15) is 15.2 Å². The van der Waals surface area contributed by atoms with E-state index < -0.39 is 0 Å². The average molecular weight is 262 g/mol. The molecule has 4 heteroatoms. The summed E-state index contributed by atoms with van der Waals surface area (Å²) in [5.41, 5.74) is -0.232. The number of piperidine rings is 1. The van der Waals surface area contributed by atoms with E-state index in [2.05, 4.69) is 6.07 Å². The Kier molecular flexibility index (Phi) is 3.05. The van der Waals surface area contributed by atoms with Crippen molar-refractivity contribution in [2.24, 2.45) is 17.3 Å². The summed E-state index contributed by atoms with van der Waals surface area (Å²) in [6.45, 7) is 2.05. The summed E-state index contributed by atoms with van der Waals surface area (Å²) >= 11 is 0. The SMILES string of the molecule is C[C@H](C(=O)N1C(C#N)CC2CC21)C1(CO)CCCC1. The van der Waals surface area contributed by atoms with Gasteiger partial charge < -0.3 is 10.0 Å².